The van der Waals surface area contributed by atoms with Crippen molar-refractivity contribution < 1.29 is 4.74 Å². The molecular weight excluding hydrogens is 184 g/mol. The van der Waals surface area contributed by atoms with Gasteiger partial charge in [-0.3, -0.25) is 0 Å². The standard InChI is InChI=1S/C14H26O/c1-2-3-4-5-6-7-8-9-10-13-14(15-13)11-12-14/h13H,2-12H2,1H3. The summed E-state index contributed by atoms with van der Waals surface area (Å²) in [6, 6.07) is 0. The maximum atomic E-state index is 5.68. The van der Waals surface area contributed by atoms with E-state index in [-0.39, 0.29) is 0 Å². The Morgan fingerprint density at radius 1 is 0.933 bits per heavy atom. The van der Waals surface area contributed by atoms with Crippen LogP contribution >= 0.6 is 0 Å². The zero-order valence-electron chi connectivity index (χ0n) is 10.3. The summed E-state index contributed by atoms with van der Waals surface area (Å²) in [7, 11) is 0. The van der Waals surface area contributed by atoms with Crippen LogP contribution in [-0.4, -0.2) is 11.7 Å². The highest BCUT2D eigenvalue weighted by atomic mass is 16.6. The molecule has 15 heavy (non-hydrogen) atoms. The quantitative estimate of drug-likeness (QED) is 0.404. The van der Waals surface area contributed by atoms with Crippen LogP contribution in [0.25, 0.3) is 0 Å². The van der Waals surface area contributed by atoms with Gasteiger partial charge in [0.25, 0.3) is 0 Å². The van der Waals surface area contributed by atoms with Crippen LogP contribution in [0.2, 0.25) is 0 Å². The summed E-state index contributed by atoms with van der Waals surface area (Å²) >= 11 is 0. The molecule has 1 atom stereocenters. The molecule has 2 rings (SSSR count). The first-order valence-electron chi connectivity index (χ1n) is 7.05. The van der Waals surface area contributed by atoms with Gasteiger partial charge in [0.1, 0.15) is 0 Å². The summed E-state index contributed by atoms with van der Waals surface area (Å²) in [5.74, 6) is 0. The third-order valence-electron chi connectivity index (χ3n) is 3.97. The largest absolute Gasteiger partial charge is 0.366 e. The normalized spacial score (nSPS) is 25.8. The van der Waals surface area contributed by atoms with Crippen molar-refractivity contribution in [2.45, 2.75) is 89.3 Å². The molecule has 0 aromatic carbocycles. The van der Waals surface area contributed by atoms with Crippen LogP contribution in [0.4, 0.5) is 0 Å². The Hall–Kier alpha value is -0.0400. The van der Waals surface area contributed by atoms with Crippen molar-refractivity contribution in [3.05, 3.63) is 0 Å². The monoisotopic (exact) mass is 210 g/mol. The van der Waals surface area contributed by atoms with Crippen LogP contribution in [0.1, 0.15) is 77.6 Å². The number of epoxide rings is 1. The first-order valence-corrected chi connectivity index (χ1v) is 7.05. The average molecular weight is 210 g/mol. The van der Waals surface area contributed by atoms with Gasteiger partial charge in [-0.1, -0.05) is 58.3 Å². The van der Waals surface area contributed by atoms with E-state index >= 15 is 0 Å². The van der Waals surface area contributed by atoms with Crippen molar-refractivity contribution in [3.8, 4) is 0 Å². The SMILES string of the molecule is CCCCCCCCCCC1OC12CC2. The van der Waals surface area contributed by atoms with Crippen LogP contribution < -0.4 is 0 Å². The lowest BCUT2D eigenvalue weighted by molar-refractivity contribution is 0.351. The Balaban J connectivity index is 1.31. The molecule has 1 unspecified atom stereocenters. The van der Waals surface area contributed by atoms with E-state index in [2.05, 4.69) is 6.92 Å². The lowest BCUT2D eigenvalue weighted by atomic mass is 10.1. The highest BCUT2D eigenvalue weighted by molar-refractivity contribution is 5.13. The van der Waals surface area contributed by atoms with Crippen molar-refractivity contribution >= 4 is 0 Å². The zero-order valence-corrected chi connectivity index (χ0v) is 10.3. The Kier molecular flexibility index (Phi) is 4.07. The van der Waals surface area contributed by atoms with Crippen molar-refractivity contribution in [2.75, 3.05) is 0 Å². The summed E-state index contributed by atoms with van der Waals surface area (Å²) in [5.41, 5.74) is 0.459. The van der Waals surface area contributed by atoms with Gasteiger partial charge in [0.15, 0.2) is 0 Å². The Labute approximate surface area is 94.6 Å². The topological polar surface area (TPSA) is 12.5 Å². The first kappa shape index (κ1) is 11.4. The van der Waals surface area contributed by atoms with Crippen molar-refractivity contribution in [1.82, 2.24) is 0 Å². The number of hydrogen-bond donors (Lipinski definition) is 0. The molecule has 1 aliphatic carbocycles. The third-order valence-corrected chi connectivity index (χ3v) is 3.97. The van der Waals surface area contributed by atoms with Crippen LogP contribution in [-0.2, 0) is 4.74 Å². The number of hydrogen-bond acceptors (Lipinski definition) is 1. The van der Waals surface area contributed by atoms with E-state index < -0.39 is 0 Å². The molecule has 0 aromatic heterocycles. The van der Waals surface area contributed by atoms with Crippen LogP contribution in [0.5, 0.6) is 0 Å². The van der Waals surface area contributed by atoms with E-state index in [0.717, 1.165) is 0 Å². The van der Waals surface area contributed by atoms with E-state index in [1.54, 1.807) is 0 Å². The molecule has 1 aliphatic heterocycles. The van der Waals surface area contributed by atoms with Gasteiger partial charge in [-0.15, -0.1) is 0 Å². The minimum absolute atomic E-state index is 0.459. The smallest absolute Gasteiger partial charge is 0.0950 e. The van der Waals surface area contributed by atoms with Crippen molar-refractivity contribution in [2.24, 2.45) is 0 Å². The van der Waals surface area contributed by atoms with Gasteiger partial charge < -0.3 is 4.74 Å². The zero-order chi connectivity index (χ0) is 10.6. The second kappa shape index (κ2) is 5.34. The molecule has 0 bridgehead atoms. The molecule has 1 nitrogen and oxygen atoms in total. The molecule has 1 spiro atoms. The van der Waals surface area contributed by atoms with E-state index in [1.165, 1.54) is 70.6 Å². The number of rotatable bonds is 9. The lowest BCUT2D eigenvalue weighted by Crippen LogP contribution is -1.92. The van der Waals surface area contributed by atoms with E-state index in [1.807, 2.05) is 0 Å². The fraction of sp³-hybridized carbons (Fsp3) is 1.00. The molecule has 1 heteroatoms. The number of unbranched alkanes of at least 4 members (excludes halogenated alkanes) is 7. The number of ether oxygens (including phenoxy) is 1. The van der Waals surface area contributed by atoms with Gasteiger partial charge in [0.05, 0.1) is 11.7 Å². The van der Waals surface area contributed by atoms with Crippen LogP contribution in [0.3, 0.4) is 0 Å². The van der Waals surface area contributed by atoms with Crippen LogP contribution in [0, 0.1) is 0 Å². The van der Waals surface area contributed by atoms with Gasteiger partial charge in [-0.05, 0) is 19.3 Å². The molecule has 2 fully saturated rings. The molecule has 0 amide bonds. The predicted octanol–water partition coefficient (Wildman–Crippen LogP) is 4.45. The van der Waals surface area contributed by atoms with E-state index in [0.29, 0.717) is 11.7 Å². The summed E-state index contributed by atoms with van der Waals surface area (Å²) in [5, 5.41) is 0. The van der Waals surface area contributed by atoms with Crippen molar-refractivity contribution in [3.63, 3.8) is 0 Å². The molecule has 2 aliphatic rings. The Bertz CT molecular complexity index is 184. The molecule has 0 radical (unpaired) electrons. The molecular formula is C14H26O. The molecule has 88 valence electrons. The molecule has 0 N–H and O–H groups in total. The minimum atomic E-state index is 0.459. The average Bonchev–Trinajstić information content (AvgIpc) is 3.14. The van der Waals surface area contributed by atoms with Gasteiger partial charge in [-0.25, -0.2) is 0 Å². The first-order chi connectivity index (χ1) is 7.37. The highest BCUT2D eigenvalue weighted by Gasteiger charge is 2.64. The molecule has 1 saturated heterocycles. The Morgan fingerprint density at radius 3 is 2.07 bits per heavy atom. The van der Waals surface area contributed by atoms with Gasteiger partial charge in [0.2, 0.25) is 0 Å². The van der Waals surface area contributed by atoms with Crippen LogP contribution in [0.15, 0.2) is 0 Å². The predicted molar refractivity (Wildman–Crippen MR) is 64.1 cm³/mol. The second-order valence-electron chi connectivity index (χ2n) is 5.43. The molecule has 1 saturated carbocycles. The third kappa shape index (κ3) is 3.48. The minimum Gasteiger partial charge on any atom is -0.366 e. The maximum absolute atomic E-state index is 5.68. The van der Waals surface area contributed by atoms with Crippen molar-refractivity contribution in [1.29, 1.82) is 0 Å². The second-order valence-corrected chi connectivity index (χ2v) is 5.43. The fourth-order valence-electron chi connectivity index (χ4n) is 2.60. The molecule has 1 heterocycles. The van der Waals surface area contributed by atoms with Gasteiger partial charge >= 0.3 is 0 Å². The van der Waals surface area contributed by atoms with E-state index in [9.17, 15) is 0 Å². The highest BCUT2D eigenvalue weighted by Crippen LogP contribution is 2.58. The summed E-state index contributed by atoms with van der Waals surface area (Å²) in [4.78, 5) is 0. The summed E-state index contributed by atoms with van der Waals surface area (Å²) < 4.78 is 5.68. The lowest BCUT2D eigenvalue weighted by Gasteiger charge is -2.00. The van der Waals surface area contributed by atoms with E-state index in [4.69, 9.17) is 4.74 Å². The Morgan fingerprint density at radius 2 is 1.53 bits per heavy atom. The van der Waals surface area contributed by atoms with Gasteiger partial charge in [-0.2, -0.15) is 0 Å². The maximum Gasteiger partial charge on any atom is 0.0950 e. The fourth-order valence-corrected chi connectivity index (χ4v) is 2.60. The summed E-state index contributed by atoms with van der Waals surface area (Å²) in [6.07, 6.45) is 16.2. The summed E-state index contributed by atoms with van der Waals surface area (Å²) in [6.45, 7) is 2.28. The van der Waals surface area contributed by atoms with Gasteiger partial charge in [0, 0.05) is 0 Å². The molecule has 0 aromatic rings.